The molecule has 0 aliphatic heterocycles. The van der Waals surface area contributed by atoms with E-state index in [1.165, 1.54) is 5.39 Å². The summed E-state index contributed by atoms with van der Waals surface area (Å²) in [6.45, 7) is 1.61. The summed E-state index contributed by atoms with van der Waals surface area (Å²) in [4.78, 5) is 16.0. The van der Waals surface area contributed by atoms with Crippen molar-refractivity contribution < 1.29 is 4.79 Å². The van der Waals surface area contributed by atoms with Gasteiger partial charge in [-0.15, -0.1) is 11.3 Å². The molecule has 2 rings (SSSR count). The number of thiophene rings is 1. The maximum Gasteiger partial charge on any atom is 0.135 e. The van der Waals surface area contributed by atoms with Crippen molar-refractivity contribution in [2.24, 2.45) is 0 Å². The van der Waals surface area contributed by atoms with Crippen LogP contribution in [0.3, 0.4) is 0 Å². The Labute approximate surface area is 80.2 Å². The summed E-state index contributed by atoms with van der Waals surface area (Å²) in [5, 5.41) is 1.18. The third kappa shape index (κ3) is 1.75. The molecular formula is C10H9NOS. The molecule has 0 fully saturated rings. The van der Waals surface area contributed by atoms with Crippen molar-refractivity contribution in [3.05, 3.63) is 29.4 Å². The first-order valence-electron chi connectivity index (χ1n) is 4.07. The molecule has 2 heterocycles. The number of carbonyl (C=O) groups is 1. The van der Waals surface area contributed by atoms with Crippen LogP contribution in [-0.2, 0) is 11.2 Å². The third-order valence-corrected chi connectivity index (χ3v) is 2.88. The van der Waals surface area contributed by atoms with Gasteiger partial charge in [-0.2, -0.15) is 0 Å². The molecule has 0 aliphatic rings. The van der Waals surface area contributed by atoms with Crippen molar-refractivity contribution in [2.75, 3.05) is 0 Å². The first-order chi connectivity index (χ1) is 6.25. The van der Waals surface area contributed by atoms with Crippen molar-refractivity contribution in [3.63, 3.8) is 0 Å². The van der Waals surface area contributed by atoms with Gasteiger partial charge in [0.2, 0.25) is 0 Å². The molecule has 0 unspecified atom stereocenters. The molecule has 0 aliphatic carbocycles. The number of rotatable bonds is 2. The molecule has 0 aromatic carbocycles. The summed E-state index contributed by atoms with van der Waals surface area (Å²) in [5.74, 6) is 0.208. The lowest BCUT2D eigenvalue weighted by Gasteiger charge is -1.86. The lowest BCUT2D eigenvalue weighted by molar-refractivity contribution is -0.116. The van der Waals surface area contributed by atoms with E-state index in [2.05, 4.69) is 11.1 Å². The molecule has 0 atom stereocenters. The minimum atomic E-state index is 0.208. The van der Waals surface area contributed by atoms with E-state index < -0.39 is 0 Å². The van der Waals surface area contributed by atoms with E-state index in [0.717, 1.165) is 9.58 Å². The molecule has 2 aromatic rings. The average Bonchev–Trinajstić information content (AvgIpc) is 2.44. The van der Waals surface area contributed by atoms with Crippen molar-refractivity contribution in [1.82, 2.24) is 4.98 Å². The standard InChI is InChI=1S/C10H9NOS/c1-7(12)4-9-5-8-2-3-11-6-10(8)13-9/h2-3,5-6H,4H2,1H3. The maximum atomic E-state index is 10.9. The minimum Gasteiger partial charge on any atom is -0.300 e. The van der Waals surface area contributed by atoms with Crippen LogP contribution in [0.2, 0.25) is 0 Å². The smallest absolute Gasteiger partial charge is 0.135 e. The maximum absolute atomic E-state index is 10.9. The summed E-state index contributed by atoms with van der Waals surface area (Å²) < 4.78 is 1.15. The Balaban J connectivity index is 2.44. The normalized spacial score (nSPS) is 10.5. The molecule has 13 heavy (non-hydrogen) atoms. The minimum absolute atomic E-state index is 0.208. The predicted molar refractivity (Wildman–Crippen MR) is 54.0 cm³/mol. The highest BCUT2D eigenvalue weighted by Crippen LogP contribution is 2.24. The first kappa shape index (κ1) is 8.38. The monoisotopic (exact) mass is 191 g/mol. The molecule has 3 heteroatoms. The highest BCUT2D eigenvalue weighted by atomic mass is 32.1. The van der Waals surface area contributed by atoms with E-state index in [-0.39, 0.29) is 5.78 Å². The van der Waals surface area contributed by atoms with Gasteiger partial charge in [-0.05, 0) is 24.4 Å². The van der Waals surface area contributed by atoms with Gasteiger partial charge in [0.1, 0.15) is 5.78 Å². The fraction of sp³-hybridized carbons (Fsp3) is 0.200. The fourth-order valence-electron chi connectivity index (χ4n) is 1.27. The summed E-state index contributed by atoms with van der Waals surface area (Å²) in [7, 11) is 0. The second kappa shape index (κ2) is 3.26. The molecule has 2 aromatic heterocycles. The number of carbonyl (C=O) groups excluding carboxylic acids is 1. The van der Waals surface area contributed by atoms with Gasteiger partial charge in [0.25, 0.3) is 0 Å². The van der Waals surface area contributed by atoms with E-state index in [1.807, 2.05) is 12.3 Å². The second-order valence-electron chi connectivity index (χ2n) is 3.01. The average molecular weight is 191 g/mol. The number of nitrogens with zero attached hydrogens (tertiary/aromatic N) is 1. The molecule has 0 saturated heterocycles. The van der Waals surface area contributed by atoms with Crippen molar-refractivity contribution in [2.45, 2.75) is 13.3 Å². The van der Waals surface area contributed by atoms with Gasteiger partial charge >= 0.3 is 0 Å². The number of aromatic nitrogens is 1. The molecule has 0 spiro atoms. The third-order valence-electron chi connectivity index (χ3n) is 1.80. The summed E-state index contributed by atoms with van der Waals surface area (Å²) in [5.41, 5.74) is 0. The Kier molecular flexibility index (Phi) is 2.10. The summed E-state index contributed by atoms with van der Waals surface area (Å²) in [6.07, 6.45) is 4.15. The number of hydrogen-bond acceptors (Lipinski definition) is 3. The molecule has 0 N–H and O–H groups in total. The Hall–Kier alpha value is -1.22. The van der Waals surface area contributed by atoms with Crippen LogP contribution in [0.25, 0.3) is 10.1 Å². The quantitative estimate of drug-likeness (QED) is 0.729. The Morgan fingerprint density at radius 1 is 1.62 bits per heavy atom. The molecular weight excluding hydrogens is 182 g/mol. The Morgan fingerprint density at radius 3 is 3.15 bits per heavy atom. The Morgan fingerprint density at radius 2 is 2.46 bits per heavy atom. The molecule has 66 valence electrons. The van der Waals surface area contributed by atoms with Gasteiger partial charge in [-0.1, -0.05) is 0 Å². The topological polar surface area (TPSA) is 30.0 Å². The first-order valence-corrected chi connectivity index (χ1v) is 4.89. The van der Waals surface area contributed by atoms with Gasteiger partial charge in [-0.25, -0.2) is 0 Å². The van der Waals surface area contributed by atoms with Gasteiger partial charge in [-0.3, -0.25) is 9.78 Å². The van der Waals surface area contributed by atoms with Crippen LogP contribution < -0.4 is 0 Å². The van der Waals surface area contributed by atoms with Crippen LogP contribution in [0.4, 0.5) is 0 Å². The van der Waals surface area contributed by atoms with Crippen LogP contribution in [0, 0.1) is 0 Å². The lowest BCUT2D eigenvalue weighted by Crippen LogP contribution is -1.92. The summed E-state index contributed by atoms with van der Waals surface area (Å²) >= 11 is 1.64. The molecule has 0 bridgehead atoms. The van der Waals surface area contributed by atoms with Crippen molar-refractivity contribution in [3.8, 4) is 0 Å². The number of pyridine rings is 1. The van der Waals surface area contributed by atoms with E-state index in [0.29, 0.717) is 6.42 Å². The molecule has 2 nitrogen and oxygen atoms in total. The molecule has 0 amide bonds. The molecule has 0 saturated carbocycles. The van der Waals surface area contributed by atoms with Crippen LogP contribution in [0.15, 0.2) is 24.5 Å². The zero-order chi connectivity index (χ0) is 9.26. The largest absolute Gasteiger partial charge is 0.300 e. The zero-order valence-corrected chi connectivity index (χ0v) is 8.10. The zero-order valence-electron chi connectivity index (χ0n) is 7.28. The van der Waals surface area contributed by atoms with E-state index in [4.69, 9.17) is 0 Å². The summed E-state index contributed by atoms with van der Waals surface area (Å²) in [6, 6.07) is 4.03. The lowest BCUT2D eigenvalue weighted by atomic mass is 10.2. The number of Topliss-reactive ketones (excluding diaryl/α,β-unsaturated/α-hetero) is 1. The second-order valence-corrected chi connectivity index (χ2v) is 4.17. The number of ketones is 1. The van der Waals surface area contributed by atoms with Crippen LogP contribution in [-0.4, -0.2) is 10.8 Å². The van der Waals surface area contributed by atoms with Crippen LogP contribution in [0.5, 0.6) is 0 Å². The predicted octanol–water partition coefficient (Wildman–Crippen LogP) is 2.43. The Bertz CT molecular complexity index is 414. The fourth-order valence-corrected chi connectivity index (χ4v) is 2.37. The van der Waals surface area contributed by atoms with Crippen LogP contribution in [0.1, 0.15) is 11.8 Å². The van der Waals surface area contributed by atoms with Crippen LogP contribution >= 0.6 is 11.3 Å². The highest BCUT2D eigenvalue weighted by molar-refractivity contribution is 7.19. The van der Waals surface area contributed by atoms with E-state index in [1.54, 1.807) is 24.5 Å². The van der Waals surface area contributed by atoms with Gasteiger partial charge in [0.15, 0.2) is 0 Å². The van der Waals surface area contributed by atoms with Gasteiger partial charge in [0, 0.05) is 23.7 Å². The number of hydrogen-bond donors (Lipinski definition) is 0. The van der Waals surface area contributed by atoms with Crippen molar-refractivity contribution in [1.29, 1.82) is 0 Å². The van der Waals surface area contributed by atoms with Crippen molar-refractivity contribution >= 4 is 27.2 Å². The van der Waals surface area contributed by atoms with Gasteiger partial charge in [0.05, 0.1) is 4.70 Å². The highest BCUT2D eigenvalue weighted by Gasteiger charge is 2.03. The SMILES string of the molecule is CC(=O)Cc1cc2ccncc2s1. The number of fused-ring (bicyclic) bond motifs is 1. The van der Waals surface area contributed by atoms with Gasteiger partial charge < -0.3 is 0 Å². The van der Waals surface area contributed by atoms with E-state index >= 15 is 0 Å². The van der Waals surface area contributed by atoms with E-state index in [9.17, 15) is 4.79 Å². The molecule has 0 radical (unpaired) electrons.